The van der Waals surface area contributed by atoms with Gasteiger partial charge in [0, 0.05) is 34.6 Å². The van der Waals surface area contributed by atoms with Gasteiger partial charge in [0.25, 0.3) is 0 Å². The van der Waals surface area contributed by atoms with Gasteiger partial charge in [0.05, 0.1) is 10.3 Å². The molecule has 2 atom stereocenters. The van der Waals surface area contributed by atoms with Gasteiger partial charge >= 0.3 is 0 Å². The number of nitrogens with two attached hydrogens (primary N) is 2. The lowest BCUT2D eigenvalue weighted by molar-refractivity contribution is -0.106. The smallest absolute Gasteiger partial charge is 0.250 e. The van der Waals surface area contributed by atoms with E-state index in [1.165, 1.54) is 25.9 Å². The van der Waals surface area contributed by atoms with Crippen molar-refractivity contribution in [3.8, 4) is 0 Å². The Balaban J connectivity index is 0.000000526. The minimum Gasteiger partial charge on any atom is -0.372 e. The van der Waals surface area contributed by atoms with Crippen LogP contribution in [0.4, 0.5) is 0 Å². The first-order chi connectivity index (χ1) is 11.6. The molecule has 3 aliphatic rings. The highest BCUT2D eigenvalue weighted by molar-refractivity contribution is 7.17. The molecule has 2 aromatic heterocycles. The number of hydrogen-bond donors (Lipinski definition) is 2. The molecular formula is C17H22N4O2S. The minimum absolute atomic E-state index is 0.250. The van der Waals surface area contributed by atoms with Crippen LogP contribution in [0.25, 0.3) is 10.1 Å². The van der Waals surface area contributed by atoms with Gasteiger partial charge < -0.3 is 11.5 Å². The number of carbonyl (C=O) groups excluding carboxylic acids is 2. The second-order valence-electron chi connectivity index (χ2n) is 6.39. The molecule has 0 radical (unpaired) electrons. The first kappa shape index (κ1) is 16.9. The van der Waals surface area contributed by atoms with Gasteiger partial charge in [-0.3, -0.25) is 19.5 Å². The predicted octanol–water partition coefficient (Wildman–Crippen LogP) is 1.69. The molecule has 0 aliphatic carbocycles. The number of hydrogen-bond acceptors (Lipinski definition) is 5. The molecule has 3 fully saturated rings. The molecule has 5 rings (SSSR count). The van der Waals surface area contributed by atoms with Crippen molar-refractivity contribution in [2.45, 2.75) is 31.7 Å². The number of amides is 2. The van der Waals surface area contributed by atoms with Crippen LogP contribution in [0.3, 0.4) is 0 Å². The van der Waals surface area contributed by atoms with Crippen LogP contribution in [0.15, 0.2) is 17.6 Å². The number of pyridine rings is 1. The third kappa shape index (κ3) is 2.89. The molecule has 4 N–H and O–H groups in total. The maximum Gasteiger partial charge on any atom is 0.250 e. The Morgan fingerprint density at radius 1 is 1.42 bits per heavy atom. The fraction of sp³-hybridized carbons (Fsp3) is 0.471. The lowest BCUT2D eigenvalue weighted by atomic mass is 9.72. The van der Waals surface area contributed by atoms with E-state index in [9.17, 15) is 4.79 Å². The molecule has 3 aliphatic heterocycles. The Bertz CT molecular complexity index is 750. The Kier molecular flexibility index (Phi) is 4.82. The molecule has 0 aromatic carbocycles. The lowest BCUT2D eigenvalue weighted by Gasteiger charge is -2.49. The van der Waals surface area contributed by atoms with Crippen LogP contribution in [-0.4, -0.2) is 41.3 Å². The molecule has 2 amide bonds. The summed E-state index contributed by atoms with van der Waals surface area (Å²) in [5.41, 5.74) is 11.4. The second-order valence-corrected chi connectivity index (χ2v) is 7.31. The van der Waals surface area contributed by atoms with E-state index < -0.39 is 0 Å². The van der Waals surface area contributed by atoms with Crippen molar-refractivity contribution in [3.63, 3.8) is 0 Å². The van der Waals surface area contributed by atoms with Gasteiger partial charge in [-0.1, -0.05) is 0 Å². The second kappa shape index (κ2) is 6.86. The zero-order valence-corrected chi connectivity index (χ0v) is 14.5. The van der Waals surface area contributed by atoms with Crippen molar-refractivity contribution in [1.82, 2.24) is 9.88 Å². The van der Waals surface area contributed by atoms with E-state index in [0.29, 0.717) is 17.5 Å². The number of thiophene rings is 1. The molecule has 24 heavy (non-hydrogen) atoms. The van der Waals surface area contributed by atoms with E-state index in [4.69, 9.17) is 15.5 Å². The Morgan fingerprint density at radius 3 is 2.67 bits per heavy atom. The average molecular weight is 346 g/mol. The van der Waals surface area contributed by atoms with Crippen molar-refractivity contribution in [3.05, 3.63) is 28.9 Å². The first-order valence-electron chi connectivity index (χ1n) is 8.13. The van der Waals surface area contributed by atoms with Gasteiger partial charge in [-0.15, -0.1) is 11.3 Å². The topological polar surface area (TPSA) is 102 Å². The van der Waals surface area contributed by atoms with E-state index in [-0.39, 0.29) is 12.3 Å². The number of rotatable bonds is 2. The van der Waals surface area contributed by atoms with Gasteiger partial charge in [-0.05, 0) is 44.8 Å². The largest absolute Gasteiger partial charge is 0.372 e. The SMILES string of the molecule is C[C@H]1[C@H](c2cc3c(C(N)=O)csc3cn2)C2CCN1CC2.NC=O. The first-order valence-corrected chi connectivity index (χ1v) is 9.01. The van der Waals surface area contributed by atoms with E-state index in [2.05, 4.69) is 23.6 Å². The predicted molar refractivity (Wildman–Crippen MR) is 94.9 cm³/mol. The summed E-state index contributed by atoms with van der Waals surface area (Å²) in [5, 5.41) is 2.82. The van der Waals surface area contributed by atoms with E-state index in [1.54, 1.807) is 11.3 Å². The molecule has 128 valence electrons. The normalized spacial score (nSPS) is 28.2. The van der Waals surface area contributed by atoms with Crippen LogP contribution in [0.5, 0.6) is 0 Å². The van der Waals surface area contributed by atoms with E-state index in [1.807, 2.05) is 11.6 Å². The Hall–Kier alpha value is -1.99. The molecular weight excluding hydrogens is 324 g/mol. The summed E-state index contributed by atoms with van der Waals surface area (Å²) < 4.78 is 1.04. The van der Waals surface area contributed by atoms with Crippen LogP contribution in [0.2, 0.25) is 0 Å². The van der Waals surface area contributed by atoms with Crippen LogP contribution in [-0.2, 0) is 4.79 Å². The molecule has 0 saturated carbocycles. The molecule has 3 saturated heterocycles. The van der Waals surface area contributed by atoms with Crippen LogP contribution in [0, 0.1) is 5.92 Å². The number of fused-ring (bicyclic) bond motifs is 4. The molecule has 2 bridgehead atoms. The number of primary amides is 2. The van der Waals surface area contributed by atoms with Gasteiger partial charge in [0.1, 0.15) is 0 Å². The van der Waals surface area contributed by atoms with Gasteiger partial charge in [0.15, 0.2) is 0 Å². The van der Waals surface area contributed by atoms with Gasteiger partial charge in [0.2, 0.25) is 12.3 Å². The molecule has 0 spiro atoms. The number of piperidine rings is 3. The monoisotopic (exact) mass is 346 g/mol. The Morgan fingerprint density at radius 2 is 2.08 bits per heavy atom. The summed E-state index contributed by atoms with van der Waals surface area (Å²) in [7, 11) is 0. The lowest BCUT2D eigenvalue weighted by Crippen LogP contribution is -2.52. The number of nitrogens with zero attached hydrogens (tertiary/aromatic N) is 2. The number of carbonyl (C=O) groups is 2. The molecule has 2 aromatic rings. The summed E-state index contributed by atoms with van der Waals surface area (Å²) in [4.78, 5) is 27.4. The zero-order chi connectivity index (χ0) is 17.3. The zero-order valence-electron chi connectivity index (χ0n) is 13.6. The van der Waals surface area contributed by atoms with Crippen LogP contribution >= 0.6 is 11.3 Å². The quantitative estimate of drug-likeness (QED) is 0.808. The third-order valence-corrected chi connectivity index (χ3v) is 6.20. The molecule has 7 heteroatoms. The standard InChI is InChI=1S/C16H19N3OS.CH3NO/c1-9-15(10-2-4-19(9)5-3-10)13-6-11-12(16(17)20)8-21-14(11)7-18-13;2-1-3/h6-10,15H,2-5H2,1H3,(H2,17,20);1H,(H2,2,3)/t9-,15-;/m0./s1. The van der Waals surface area contributed by atoms with Crippen molar-refractivity contribution in [2.75, 3.05) is 13.1 Å². The highest BCUT2D eigenvalue weighted by Gasteiger charge is 2.41. The fourth-order valence-corrected chi connectivity index (χ4v) is 5.02. The van der Waals surface area contributed by atoms with Gasteiger partial charge in [-0.2, -0.15) is 0 Å². The average Bonchev–Trinajstić information content (AvgIpc) is 3.00. The summed E-state index contributed by atoms with van der Waals surface area (Å²) in [6.45, 7) is 4.75. The van der Waals surface area contributed by atoms with Crippen molar-refractivity contribution >= 4 is 33.7 Å². The summed E-state index contributed by atoms with van der Waals surface area (Å²) in [5.74, 6) is 0.864. The summed E-state index contributed by atoms with van der Waals surface area (Å²) in [6.07, 6.45) is 4.69. The van der Waals surface area contributed by atoms with Crippen molar-refractivity contribution < 1.29 is 9.59 Å². The molecule has 5 heterocycles. The fourth-order valence-electron chi connectivity index (χ4n) is 4.12. The van der Waals surface area contributed by atoms with Gasteiger partial charge in [-0.25, -0.2) is 0 Å². The van der Waals surface area contributed by atoms with Crippen molar-refractivity contribution in [2.24, 2.45) is 17.4 Å². The van der Waals surface area contributed by atoms with Crippen LogP contribution < -0.4 is 11.5 Å². The highest BCUT2D eigenvalue weighted by Crippen LogP contribution is 2.43. The summed E-state index contributed by atoms with van der Waals surface area (Å²) >= 11 is 1.54. The van der Waals surface area contributed by atoms with E-state index in [0.717, 1.165) is 21.7 Å². The molecule has 6 nitrogen and oxygen atoms in total. The maximum atomic E-state index is 11.6. The third-order valence-electron chi connectivity index (χ3n) is 5.27. The minimum atomic E-state index is -0.347. The van der Waals surface area contributed by atoms with Crippen LogP contribution in [0.1, 0.15) is 41.7 Å². The number of aromatic nitrogens is 1. The van der Waals surface area contributed by atoms with E-state index >= 15 is 0 Å². The van der Waals surface area contributed by atoms with Crippen molar-refractivity contribution in [1.29, 1.82) is 0 Å². The summed E-state index contributed by atoms with van der Waals surface area (Å²) in [6, 6.07) is 2.65. The highest BCUT2D eigenvalue weighted by atomic mass is 32.1. The maximum absolute atomic E-state index is 11.6. The molecule has 0 unspecified atom stereocenters. The Labute approximate surface area is 144 Å².